The Labute approximate surface area is 267 Å². The number of carbonyl (C=O) groups excluding carboxylic acids is 2. The lowest BCUT2D eigenvalue weighted by Crippen LogP contribution is -2.54. The lowest BCUT2D eigenvalue weighted by Gasteiger charge is -2.33. The topological polar surface area (TPSA) is 135 Å². The first kappa shape index (κ1) is 36.5. The van der Waals surface area contributed by atoms with Gasteiger partial charge in [-0.1, -0.05) is 32.8 Å². The van der Waals surface area contributed by atoms with Crippen molar-refractivity contribution in [3.8, 4) is 0 Å². The van der Waals surface area contributed by atoms with Crippen LogP contribution in [0, 0.1) is 28.7 Å². The highest BCUT2D eigenvalue weighted by molar-refractivity contribution is 7.79. The highest BCUT2D eigenvalue weighted by Crippen LogP contribution is 2.32. The number of hydrogen-bond donors (Lipinski definition) is 4. The number of rotatable bonds is 8. The number of halogens is 4. The predicted octanol–water partition coefficient (Wildman–Crippen LogP) is 5.84. The van der Waals surface area contributed by atoms with Crippen LogP contribution < -0.4 is 15.5 Å². The Morgan fingerprint density at radius 1 is 1.07 bits per heavy atom. The van der Waals surface area contributed by atoms with Crippen molar-refractivity contribution in [2.75, 3.05) is 18.5 Å². The van der Waals surface area contributed by atoms with Crippen LogP contribution in [-0.2, 0) is 22.4 Å². The van der Waals surface area contributed by atoms with Crippen molar-refractivity contribution in [3.05, 3.63) is 88.2 Å². The molecule has 0 radical (unpaired) electrons. The van der Waals surface area contributed by atoms with Crippen LogP contribution in [0.5, 0.6) is 0 Å². The monoisotopic (exact) mass is 663 g/mol. The molecule has 1 aromatic heterocycles. The third-order valence-electron chi connectivity index (χ3n) is 7.85. The molecule has 2 aromatic carbocycles. The molecule has 14 heteroatoms. The summed E-state index contributed by atoms with van der Waals surface area (Å²) in [7, 11) is 1.56. The van der Waals surface area contributed by atoms with Gasteiger partial charge in [-0.25, -0.2) is 21.8 Å². The molecule has 0 spiro atoms. The molecule has 2 heterocycles. The molecular weight excluding hydrogens is 626 g/mol. The molecule has 1 aliphatic heterocycles. The maximum Gasteiger partial charge on any atom is 0.251 e. The van der Waals surface area contributed by atoms with E-state index in [1.54, 1.807) is 30.1 Å². The zero-order valence-electron chi connectivity index (χ0n) is 24.4. The predicted molar refractivity (Wildman–Crippen MR) is 167 cm³/mol. The minimum Gasteiger partial charge on any atom is -0.355 e. The summed E-state index contributed by atoms with van der Waals surface area (Å²) in [4.78, 5) is 30.2. The van der Waals surface area contributed by atoms with Crippen LogP contribution in [0.2, 0.25) is 0 Å². The second-order valence-electron chi connectivity index (χ2n) is 10.7. The van der Waals surface area contributed by atoms with E-state index in [9.17, 15) is 31.4 Å². The summed E-state index contributed by atoms with van der Waals surface area (Å²) in [6.07, 6.45) is 10.3. The average molecular weight is 664 g/mol. The largest absolute Gasteiger partial charge is 0.355 e. The van der Waals surface area contributed by atoms with Crippen LogP contribution in [0.15, 0.2) is 47.5 Å². The fourth-order valence-electron chi connectivity index (χ4n) is 5.24. The molecule has 1 saturated carbocycles. The molecule has 3 aromatic rings. The number of carbonyl (C=O) groups is 2. The Bertz CT molecular complexity index is 1560. The Morgan fingerprint density at radius 2 is 1.72 bits per heavy atom. The molecule has 2 amide bonds. The molecule has 0 bridgehead atoms. The van der Waals surface area contributed by atoms with Gasteiger partial charge < -0.3 is 25.5 Å². The molecular formula is C32H37F4N5O4S. The Balaban J connectivity index is 0.000000347. The number of amides is 2. The molecule has 5 rings (SSSR count). The van der Waals surface area contributed by atoms with Crippen LogP contribution in [-0.4, -0.2) is 51.4 Å². The fourth-order valence-corrected chi connectivity index (χ4v) is 5.74. The Morgan fingerprint density at radius 3 is 2.22 bits per heavy atom. The summed E-state index contributed by atoms with van der Waals surface area (Å²) in [5.41, 5.74) is 3.65. The van der Waals surface area contributed by atoms with Crippen molar-refractivity contribution in [2.24, 2.45) is 0 Å². The molecule has 1 saturated heterocycles. The van der Waals surface area contributed by atoms with E-state index in [2.05, 4.69) is 21.7 Å². The summed E-state index contributed by atoms with van der Waals surface area (Å²) in [5.74, 6) is -6.83. The Kier molecular flexibility index (Phi) is 13.1. The van der Waals surface area contributed by atoms with E-state index in [4.69, 9.17) is 9.96 Å². The van der Waals surface area contributed by atoms with Crippen molar-refractivity contribution < 1.29 is 35.9 Å². The SMILES string of the molecule is C.CNC(=O)c1ccc(N(Cc2ccc(C3CCCCC3)cn2)C(=O)[C@H]2CCN2)cc1C=N.O=S(O)c1c(F)c(F)cc(F)c1F. The zero-order valence-corrected chi connectivity index (χ0v) is 25.2. The summed E-state index contributed by atoms with van der Waals surface area (Å²) in [5, 5.41) is 13.5. The van der Waals surface area contributed by atoms with Gasteiger partial charge in [-0.05, 0) is 61.6 Å². The van der Waals surface area contributed by atoms with Gasteiger partial charge in [0.25, 0.3) is 5.91 Å². The minimum atomic E-state index is -3.10. The molecule has 1 unspecified atom stereocenters. The zero-order chi connectivity index (χ0) is 32.7. The van der Waals surface area contributed by atoms with E-state index in [0.717, 1.165) is 24.9 Å². The summed E-state index contributed by atoms with van der Waals surface area (Å²) >= 11 is -3.10. The maximum atomic E-state index is 13.2. The van der Waals surface area contributed by atoms with E-state index in [-0.39, 0.29) is 31.3 Å². The van der Waals surface area contributed by atoms with Crippen LogP contribution in [0.4, 0.5) is 23.2 Å². The summed E-state index contributed by atoms with van der Waals surface area (Å²) in [6.45, 7) is 1.18. The van der Waals surface area contributed by atoms with Gasteiger partial charge in [-0.15, -0.1) is 0 Å². The number of anilines is 1. The molecule has 2 aliphatic rings. The van der Waals surface area contributed by atoms with E-state index in [0.29, 0.717) is 29.3 Å². The first-order chi connectivity index (χ1) is 21.5. The average Bonchev–Trinajstić information content (AvgIpc) is 3.02. The highest BCUT2D eigenvalue weighted by Gasteiger charge is 2.31. The van der Waals surface area contributed by atoms with Crippen LogP contribution in [0.25, 0.3) is 0 Å². The molecule has 2 atom stereocenters. The van der Waals surface area contributed by atoms with Gasteiger partial charge in [0.2, 0.25) is 5.91 Å². The van der Waals surface area contributed by atoms with Crippen LogP contribution >= 0.6 is 0 Å². The molecule has 9 nitrogen and oxygen atoms in total. The van der Waals surface area contributed by atoms with Crippen molar-refractivity contribution in [2.45, 2.75) is 69.4 Å². The molecule has 1 aliphatic carbocycles. The van der Waals surface area contributed by atoms with Crippen molar-refractivity contribution in [1.82, 2.24) is 15.6 Å². The quantitative estimate of drug-likeness (QED) is 0.104. The number of nitrogens with zero attached hydrogens (tertiary/aromatic N) is 2. The van der Waals surface area contributed by atoms with Gasteiger partial charge in [0.1, 0.15) is 4.90 Å². The third-order valence-corrected chi connectivity index (χ3v) is 8.56. The minimum absolute atomic E-state index is 0. The lowest BCUT2D eigenvalue weighted by atomic mass is 9.85. The van der Waals surface area contributed by atoms with Gasteiger partial charge in [-0.3, -0.25) is 14.6 Å². The smallest absolute Gasteiger partial charge is 0.251 e. The normalized spacial score (nSPS) is 16.5. The second-order valence-corrected chi connectivity index (χ2v) is 11.6. The molecule has 2 fully saturated rings. The van der Waals surface area contributed by atoms with E-state index < -0.39 is 39.2 Å². The highest BCUT2D eigenvalue weighted by atomic mass is 32.2. The number of pyridine rings is 1. The summed E-state index contributed by atoms with van der Waals surface area (Å²) < 4.78 is 68.4. The third kappa shape index (κ3) is 8.42. The van der Waals surface area contributed by atoms with Crippen LogP contribution in [0.1, 0.15) is 79.0 Å². The van der Waals surface area contributed by atoms with Gasteiger partial charge in [0.05, 0.1) is 18.3 Å². The van der Waals surface area contributed by atoms with Crippen molar-refractivity contribution in [3.63, 3.8) is 0 Å². The molecule has 4 N–H and O–H groups in total. The first-order valence-corrected chi connectivity index (χ1v) is 15.5. The number of benzene rings is 2. The van der Waals surface area contributed by atoms with Gasteiger partial charge in [0.15, 0.2) is 34.3 Å². The fraction of sp³-hybridized carbons (Fsp3) is 0.375. The van der Waals surface area contributed by atoms with Crippen molar-refractivity contribution >= 4 is 34.8 Å². The number of hydrogen-bond acceptors (Lipinski definition) is 6. The molecule has 46 heavy (non-hydrogen) atoms. The van der Waals surface area contributed by atoms with E-state index >= 15 is 0 Å². The number of aromatic nitrogens is 1. The van der Waals surface area contributed by atoms with Gasteiger partial charge in [-0.2, -0.15) is 0 Å². The summed E-state index contributed by atoms with van der Waals surface area (Å²) in [6, 6.07) is 9.09. The maximum absolute atomic E-state index is 13.2. The van der Waals surface area contributed by atoms with Gasteiger partial charge >= 0.3 is 0 Å². The van der Waals surface area contributed by atoms with E-state index in [1.165, 1.54) is 37.7 Å². The Hall–Kier alpha value is -4.01. The first-order valence-electron chi connectivity index (χ1n) is 14.4. The van der Waals surface area contributed by atoms with Gasteiger partial charge in [0, 0.05) is 42.3 Å². The van der Waals surface area contributed by atoms with Crippen molar-refractivity contribution in [1.29, 1.82) is 5.41 Å². The molecule has 248 valence electrons. The lowest BCUT2D eigenvalue weighted by molar-refractivity contribution is -0.122. The van der Waals surface area contributed by atoms with Crippen LogP contribution in [0.3, 0.4) is 0 Å². The van der Waals surface area contributed by atoms with E-state index in [1.807, 2.05) is 12.3 Å². The standard InChI is InChI=1S/C25H31N5O2.C6H2F4O2S.CH4/c1-27-24(31)22-10-9-21(13-19(22)14-26)30(25(32)23-11-12-28-23)16-20-8-7-18(15-29-20)17-5-3-2-4-6-17;7-2-1-3(8)5(10)6(4(2)9)13(11)12;/h7-10,13-15,17,23,26,28H,2-6,11-12,16H2,1H3,(H,27,31);1H,(H,11,12);1H4/t23-;;/m1../s1. The number of nitrogens with one attached hydrogen (secondary N) is 3. The second kappa shape index (κ2) is 16.5.